The largest absolute Gasteiger partial charge is 0.504 e. The second-order valence-electron chi connectivity index (χ2n) is 8.30. The summed E-state index contributed by atoms with van der Waals surface area (Å²) in [6, 6.07) is 15.3. The predicted octanol–water partition coefficient (Wildman–Crippen LogP) is 5.09. The Morgan fingerprint density at radius 1 is 1.06 bits per heavy atom. The van der Waals surface area contributed by atoms with E-state index < -0.39 is 23.2 Å². The van der Waals surface area contributed by atoms with Gasteiger partial charge in [0.2, 0.25) is 5.76 Å². The van der Waals surface area contributed by atoms with Crippen LogP contribution in [0.5, 0.6) is 11.5 Å². The first-order valence-electron chi connectivity index (χ1n) is 11.0. The summed E-state index contributed by atoms with van der Waals surface area (Å²) in [5, 5.41) is 10.2. The van der Waals surface area contributed by atoms with Crippen LogP contribution in [0.3, 0.4) is 0 Å². The van der Waals surface area contributed by atoms with Crippen molar-refractivity contribution in [3.63, 3.8) is 0 Å². The number of nitrogens with zero attached hydrogens (tertiary/aromatic N) is 1. The first-order chi connectivity index (χ1) is 16.4. The standard InChI is InChI=1S/C27H22FNO5/c1-3-33-22-12-17(8-10-20(22)30)24-23-25(31)19-13-18(28)9-11-21(19)34-26(23)27(32)29(24)14-16-6-4-15(2)5-7-16/h4-13,24,30H,3,14H2,1-2H3/t24-/m0/s1. The molecule has 0 spiro atoms. The summed E-state index contributed by atoms with van der Waals surface area (Å²) >= 11 is 0. The van der Waals surface area contributed by atoms with Gasteiger partial charge in [-0.05, 0) is 55.3 Å². The maximum Gasteiger partial charge on any atom is 0.291 e. The molecule has 172 valence electrons. The lowest BCUT2D eigenvalue weighted by Gasteiger charge is -2.26. The molecule has 1 atom stereocenters. The van der Waals surface area contributed by atoms with Crippen molar-refractivity contribution < 1.29 is 23.4 Å². The van der Waals surface area contributed by atoms with Crippen molar-refractivity contribution in [2.45, 2.75) is 26.4 Å². The molecule has 0 saturated heterocycles. The van der Waals surface area contributed by atoms with Crippen molar-refractivity contribution in [2.24, 2.45) is 0 Å². The number of hydrogen-bond acceptors (Lipinski definition) is 5. The van der Waals surface area contributed by atoms with Crippen molar-refractivity contribution >= 4 is 16.9 Å². The zero-order chi connectivity index (χ0) is 24.0. The Morgan fingerprint density at radius 2 is 1.82 bits per heavy atom. The Hall–Kier alpha value is -4.13. The first-order valence-corrected chi connectivity index (χ1v) is 11.0. The number of aromatic hydroxyl groups is 1. The second kappa shape index (κ2) is 8.33. The fraction of sp³-hybridized carbons (Fsp3) is 0.185. The Bertz CT molecular complexity index is 1480. The van der Waals surface area contributed by atoms with Gasteiger partial charge in [-0.1, -0.05) is 35.9 Å². The molecule has 5 rings (SSSR count). The second-order valence-corrected chi connectivity index (χ2v) is 8.30. The van der Waals surface area contributed by atoms with Crippen molar-refractivity contribution in [1.29, 1.82) is 0 Å². The van der Waals surface area contributed by atoms with Gasteiger partial charge < -0.3 is 19.2 Å². The first kappa shape index (κ1) is 21.7. The maximum absolute atomic E-state index is 13.9. The van der Waals surface area contributed by atoms with E-state index in [1.54, 1.807) is 24.0 Å². The number of benzene rings is 3. The molecule has 1 aliphatic heterocycles. The molecule has 34 heavy (non-hydrogen) atoms. The highest BCUT2D eigenvalue weighted by atomic mass is 19.1. The summed E-state index contributed by atoms with van der Waals surface area (Å²) in [4.78, 5) is 28.6. The lowest BCUT2D eigenvalue weighted by Crippen LogP contribution is -2.29. The molecule has 0 bridgehead atoms. The molecular formula is C27H22FNO5. The zero-order valence-electron chi connectivity index (χ0n) is 18.7. The third kappa shape index (κ3) is 3.59. The minimum absolute atomic E-state index is 0.0483. The number of hydrogen-bond donors (Lipinski definition) is 1. The summed E-state index contributed by atoms with van der Waals surface area (Å²) in [7, 11) is 0. The van der Waals surface area contributed by atoms with Gasteiger partial charge in [-0.15, -0.1) is 0 Å². The topological polar surface area (TPSA) is 80.0 Å². The highest BCUT2D eigenvalue weighted by Gasteiger charge is 2.43. The van der Waals surface area contributed by atoms with E-state index in [9.17, 15) is 19.1 Å². The van der Waals surface area contributed by atoms with Crippen molar-refractivity contribution in [1.82, 2.24) is 4.90 Å². The molecule has 1 aliphatic rings. The van der Waals surface area contributed by atoms with E-state index in [0.717, 1.165) is 17.2 Å². The molecule has 0 saturated carbocycles. The van der Waals surface area contributed by atoms with E-state index in [1.807, 2.05) is 31.2 Å². The van der Waals surface area contributed by atoms with Crippen molar-refractivity contribution in [3.05, 3.63) is 105 Å². The van der Waals surface area contributed by atoms with Gasteiger partial charge in [0.25, 0.3) is 5.91 Å². The lowest BCUT2D eigenvalue weighted by atomic mass is 9.97. The molecule has 6 nitrogen and oxygen atoms in total. The minimum Gasteiger partial charge on any atom is -0.504 e. The number of ether oxygens (including phenoxy) is 1. The summed E-state index contributed by atoms with van der Waals surface area (Å²) in [5.41, 5.74) is 2.36. The summed E-state index contributed by atoms with van der Waals surface area (Å²) in [6.45, 7) is 4.32. The van der Waals surface area contributed by atoms with E-state index >= 15 is 0 Å². The number of amides is 1. The van der Waals surface area contributed by atoms with Gasteiger partial charge in [-0.25, -0.2) is 4.39 Å². The fourth-order valence-corrected chi connectivity index (χ4v) is 4.36. The molecule has 1 N–H and O–H groups in total. The van der Waals surface area contributed by atoms with Crippen LogP contribution in [0.2, 0.25) is 0 Å². The van der Waals surface area contributed by atoms with Crippen LogP contribution in [0.15, 0.2) is 69.9 Å². The molecule has 0 aliphatic carbocycles. The minimum atomic E-state index is -0.799. The molecule has 4 aromatic rings. The molecule has 1 amide bonds. The van der Waals surface area contributed by atoms with Gasteiger partial charge in [-0.2, -0.15) is 0 Å². The van der Waals surface area contributed by atoms with Gasteiger partial charge in [0.15, 0.2) is 16.9 Å². The Balaban J connectivity index is 1.72. The Kier molecular flexibility index (Phi) is 5.32. The number of phenolic OH excluding ortho intramolecular Hbond substituents is 1. The van der Waals surface area contributed by atoms with Gasteiger partial charge in [-0.3, -0.25) is 9.59 Å². The predicted molar refractivity (Wildman–Crippen MR) is 125 cm³/mol. The van der Waals surface area contributed by atoms with Crippen LogP contribution in [0, 0.1) is 12.7 Å². The van der Waals surface area contributed by atoms with Crippen LogP contribution in [-0.2, 0) is 6.54 Å². The summed E-state index contributed by atoms with van der Waals surface area (Å²) < 4.78 is 25.3. The van der Waals surface area contributed by atoms with Gasteiger partial charge >= 0.3 is 0 Å². The third-order valence-corrected chi connectivity index (χ3v) is 6.00. The molecule has 0 fully saturated rings. The Morgan fingerprint density at radius 3 is 2.56 bits per heavy atom. The van der Waals surface area contributed by atoms with Crippen molar-refractivity contribution in [2.75, 3.05) is 6.61 Å². The average molecular weight is 459 g/mol. The maximum atomic E-state index is 13.9. The van der Waals surface area contributed by atoms with Crippen LogP contribution >= 0.6 is 0 Å². The number of phenols is 1. The average Bonchev–Trinajstić information content (AvgIpc) is 3.09. The SMILES string of the molecule is CCOc1cc([C@H]2c3c(oc4ccc(F)cc4c3=O)C(=O)N2Cc2ccc(C)cc2)ccc1O. The van der Waals surface area contributed by atoms with E-state index in [2.05, 4.69) is 0 Å². The third-order valence-electron chi connectivity index (χ3n) is 6.00. The van der Waals surface area contributed by atoms with Crippen molar-refractivity contribution in [3.8, 4) is 11.5 Å². The molecule has 2 heterocycles. The quantitative estimate of drug-likeness (QED) is 0.450. The van der Waals surface area contributed by atoms with E-state index in [1.165, 1.54) is 18.2 Å². The normalized spacial score (nSPS) is 15.1. The van der Waals surface area contributed by atoms with Gasteiger partial charge in [0, 0.05) is 6.54 Å². The summed E-state index contributed by atoms with van der Waals surface area (Å²) in [6.07, 6.45) is 0. The molecule has 3 aromatic carbocycles. The Labute approximate surface area is 194 Å². The molecular weight excluding hydrogens is 437 g/mol. The number of carbonyl (C=O) groups is 1. The lowest BCUT2D eigenvalue weighted by molar-refractivity contribution is 0.0714. The molecule has 7 heteroatoms. The zero-order valence-corrected chi connectivity index (χ0v) is 18.7. The van der Waals surface area contributed by atoms with Gasteiger partial charge in [0.05, 0.1) is 23.6 Å². The summed E-state index contributed by atoms with van der Waals surface area (Å²) in [5.74, 6) is -0.872. The molecule has 0 radical (unpaired) electrons. The highest BCUT2D eigenvalue weighted by Crippen LogP contribution is 2.41. The number of rotatable bonds is 5. The fourth-order valence-electron chi connectivity index (χ4n) is 4.36. The number of halogens is 1. The van der Waals surface area contributed by atoms with E-state index in [4.69, 9.17) is 9.15 Å². The molecule has 0 unspecified atom stereocenters. The van der Waals surface area contributed by atoms with Crippen LogP contribution in [-0.4, -0.2) is 22.5 Å². The van der Waals surface area contributed by atoms with Crippen LogP contribution < -0.4 is 10.2 Å². The number of fused-ring (bicyclic) bond motifs is 2. The van der Waals surface area contributed by atoms with Gasteiger partial charge in [0.1, 0.15) is 11.4 Å². The monoisotopic (exact) mass is 459 g/mol. The number of aryl methyl sites for hydroxylation is 1. The van der Waals surface area contributed by atoms with Crippen LogP contribution in [0.4, 0.5) is 4.39 Å². The van der Waals surface area contributed by atoms with E-state index in [0.29, 0.717) is 12.2 Å². The molecule has 1 aromatic heterocycles. The van der Waals surface area contributed by atoms with Crippen LogP contribution in [0.1, 0.15) is 45.8 Å². The highest BCUT2D eigenvalue weighted by molar-refractivity contribution is 5.99. The van der Waals surface area contributed by atoms with Crippen LogP contribution in [0.25, 0.3) is 11.0 Å². The van der Waals surface area contributed by atoms with E-state index in [-0.39, 0.29) is 40.3 Å². The smallest absolute Gasteiger partial charge is 0.291 e. The number of carbonyl (C=O) groups excluding carboxylic acids is 1.